The van der Waals surface area contributed by atoms with Crippen LogP contribution in [-0.4, -0.2) is 33.7 Å². The molecule has 0 bridgehead atoms. The van der Waals surface area contributed by atoms with Crippen LogP contribution in [0, 0.1) is 0 Å². The Hall–Kier alpha value is -0.180. The fraction of sp³-hybridized carbons (Fsp3) is 1.00. The zero-order valence-electron chi connectivity index (χ0n) is 4.76. The van der Waals surface area contributed by atoms with Gasteiger partial charge in [-0.05, 0) is 0 Å². The average molecular weight is 190 g/mol. The Morgan fingerprint density at radius 2 is 1.90 bits per heavy atom. The molecule has 0 aliphatic heterocycles. The van der Waals surface area contributed by atoms with Gasteiger partial charge in [0, 0.05) is 0 Å². The van der Waals surface area contributed by atoms with Gasteiger partial charge in [0.25, 0.3) is 0 Å². The molecule has 0 atom stereocenters. The second-order valence-electron chi connectivity index (χ2n) is 1.31. The van der Waals surface area contributed by atoms with Gasteiger partial charge >= 0.3 is 10.4 Å². The lowest BCUT2D eigenvalue weighted by molar-refractivity contribution is 0.284. The minimum absolute atomic E-state index is 0.422. The molecular weight excluding hydrogens is 184 g/mol. The van der Waals surface area contributed by atoms with Crippen molar-refractivity contribution in [2.24, 2.45) is 0 Å². The maximum atomic E-state index is 9.77. The highest BCUT2D eigenvalue weighted by molar-refractivity contribution is 7.81. The topological polar surface area (TPSA) is 97.7 Å². The molecule has 0 aromatic rings. The highest BCUT2D eigenvalue weighted by Crippen LogP contribution is 1.84. The average Bonchev–Trinajstić information content (AvgIpc) is 1.59. The normalized spacial score (nSPS) is 12.2. The Morgan fingerprint density at radius 1 is 1.40 bits per heavy atom. The van der Waals surface area contributed by atoms with Crippen molar-refractivity contribution in [3.8, 4) is 0 Å². The number of hydrogen-bond donors (Lipinski definition) is 2. The molecule has 0 spiro atoms. The predicted molar refractivity (Wildman–Crippen MR) is 32.7 cm³/mol. The SMILES string of the molecule is O=[SH](=O)CCOS(=O)(=O)O. The highest BCUT2D eigenvalue weighted by Gasteiger charge is 2.02. The van der Waals surface area contributed by atoms with Gasteiger partial charge in [-0.25, -0.2) is 12.6 Å². The van der Waals surface area contributed by atoms with Crippen molar-refractivity contribution in [2.75, 3.05) is 12.4 Å². The Morgan fingerprint density at radius 3 is 2.20 bits per heavy atom. The van der Waals surface area contributed by atoms with E-state index in [-0.39, 0.29) is 0 Å². The molecule has 0 saturated carbocycles. The second kappa shape index (κ2) is 3.86. The molecule has 0 radical (unpaired) electrons. The minimum Gasteiger partial charge on any atom is -0.264 e. The summed E-state index contributed by atoms with van der Waals surface area (Å²) >= 11 is 0. The molecule has 0 aromatic carbocycles. The largest absolute Gasteiger partial charge is 0.397 e. The van der Waals surface area contributed by atoms with Crippen LogP contribution in [0.4, 0.5) is 0 Å². The van der Waals surface area contributed by atoms with Crippen molar-refractivity contribution in [3.63, 3.8) is 0 Å². The molecule has 8 heteroatoms. The summed E-state index contributed by atoms with van der Waals surface area (Å²) in [4.78, 5) is 0. The van der Waals surface area contributed by atoms with Gasteiger partial charge in [-0.15, -0.1) is 0 Å². The molecule has 0 aliphatic rings. The van der Waals surface area contributed by atoms with E-state index in [1.807, 2.05) is 0 Å². The van der Waals surface area contributed by atoms with Gasteiger partial charge in [0.05, 0.1) is 12.4 Å². The summed E-state index contributed by atoms with van der Waals surface area (Å²) in [5.41, 5.74) is 0. The molecule has 0 saturated heterocycles. The smallest absolute Gasteiger partial charge is 0.264 e. The van der Waals surface area contributed by atoms with Crippen molar-refractivity contribution in [1.29, 1.82) is 0 Å². The van der Waals surface area contributed by atoms with E-state index in [1.54, 1.807) is 0 Å². The van der Waals surface area contributed by atoms with Crippen LogP contribution in [0.15, 0.2) is 0 Å². The zero-order valence-corrected chi connectivity index (χ0v) is 6.47. The first-order valence-corrected chi connectivity index (χ1v) is 4.88. The van der Waals surface area contributed by atoms with Gasteiger partial charge in [0.15, 0.2) is 0 Å². The molecule has 0 amide bonds. The zero-order chi connectivity index (χ0) is 8.20. The van der Waals surface area contributed by atoms with Crippen molar-refractivity contribution < 1.29 is 25.6 Å². The van der Waals surface area contributed by atoms with E-state index >= 15 is 0 Å². The molecule has 62 valence electrons. The fourth-order valence-electron chi connectivity index (χ4n) is 0.217. The van der Waals surface area contributed by atoms with Crippen LogP contribution < -0.4 is 0 Å². The van der Waals surface area contributed by atoms with Crippen molar-refractivity contribution in [1.82, 2.24) is 0 Å². The monoisotopic (exact) mass is 190 g/mol. The van der Waals surface area contributed by atoms with Crippen LogP contribution in [0.25, 0.3) is 0 Å². The van der Waals surface area contributed by atoms with E-state index in [0.29, 0.717) is 0 Å². The van der Waals surface area contributed by atoms with E-state index in [2.05, 4.69) is 4.18 Å². The lowest BCUT2D eigenvalue weighted by Gasteiger charge is -1.92. The van der Waals surface area contributed by atoms with Crippen LogP contribution in [-0.2, 0) is 25.3 Å². The third-order valence-corrected chi connectivity index (χ3v) is 1.52. The summed E-state index contributed by atoms with van der Waals surface area (Å²) < 4.78 is 50.6. The standard InChI is InChI=1S/C2H6O6S2/c3-9(4)2-1-8-10(5,6)7/h9H,1-2H2,(H,5,6,7). The molecule has 0 rings (SSSR count). The Balaban J connectivity index is 3.59. The van der Waals surface area contributed by atoms with Crippen LogP contribution >= 0.6 is 0 Å². The molecule has 0 unspecified atom stereocenters. The van der Waals surface area contributed by atoms with Crippen LogP contribution in [0.3, 0.4) is 0 Å². The fourth-order valence-corrected chi connectivity index (χ4v) is 0.875. The molecule has 0 aromatic heterocycles. The van der Waals surface area contributed by atoms with Gasteiger partial charge in [-0.3, -0.25) is 4.55 Å². The molecule has 0 fully saturated rings. The molecule has 6 nitrogen and oxygen atoms in total. The summed E-state index contributed by atoms with van der Waals surface area (Å²) in [7, 11) is -7.14. The van der Waals surface area contributed by atoms with Crippen LogP contribution in [0.5, 0.6) is 0 Å². The summed E-state index contributed by atoms with van der Waals surface area (Å²) in [5, 5.41) is 0. The lowest BCUT2D eigenvalue weighted by atomic mass is 10.9. The summed E-state index contributed by atoms with van der Waals surface area (Å²) in [6, 6.07) is 0. The molecule has 10 heavy (non-hydrogen) atoms. The first kappa shape index (κ1) is 9.82. The number of thiol groups is 1. The van der Waals surface area contributed by atoms with E-state index in [1.165, 1.54) is 0 Å². The van der Waals surface area contributed by atoms with Gasteiger partial charge in [0.1, 0.15) is 10.7 Å². The third kappa shape index (κ3) is 7.82. The van der Waals surface area contributed by atoms with E-state index in [4.69, 9.17) is 4.55 Å². The maximum Gasteiger partial charge on any atom is 0.397 e. The number of rotatable bonds is 4. The lowest BCUT2D eigenvalue weighted by Crippen LogP contribution is -2.08. The highest BCUT2D eigenvalue weighted by atomic mass is 32.3. The van der Waals surface area contributed by atoms with Gasteiger partial charge in [-0.1, -0.05) is 0 Å². The Bertz CT molecular complexity index is 239. The summed E-state index contributed by atoms with van der Waals surface area (Å²) in [6.45, 7) is -0.544. The molecule has 1 N–H and O–H groups in total. The second-order valence-corrected chi connectivity index (χ2v) is 3.51. The first-order valence-electron chi connectivity index (χ1n) is 2.15. The molecular formula is C2H6O6S2. The van der Waals surface area contributed by atoms with Crippen LogP contribution in [0.1, 0.15) is 0 Å². The first-order chi connectivity index (χ1) is 4.42. The van der Waals surface area contributed by atoms with E-state index in [9.17, 15) is 16.8 Å². The Labute approximate surface area is 59.7 Å². The third-order valence-electron chi connectivity index (χ3n) is 0.506. The van der Waals surface area contributed by atoms with Gasteiger partial charge < -0.3 is 0 Å². The van der Waals surface area contributed by atoms with E-state index < -0.39 is 33.5 Å². The van der Waals surface area contributed by atoms with Crippen molar-refractivity contribution in [3.05, 3.63) is 0 Å². The maximum absolute atomic E-state index is 9.77. The quantitative estimate of drug-likeness (QED) is 0.410. The van der Waals surface area contributed by atoms with Gasteiger partial charge in [0.2, 0.25) is 0 Å². The predicted octanol–water partition coefficient (Wildman–Crippen LogP) is -1.58. The molecule has 0 aliphatic carbocycles. The summed E-state index contributed by atoms with van der Waals surface area (Å²) in [5.74, 6) is -0.422. The van der Waals surface area contributed by atoms with Crippen molar-refractivity contribution >= 4 is 21.1 Å². The summed E-state index contributed by atoms with van der Waals surface area (Å²) in [6.07, 6.45) is 0. The van der Waals surface area contributed by atoms with Crippen LogP contribution in [0.2, 0.25) is 0 Å². The minimum atomic E-state index is -4.49. The van der Waals surface area contributed by atoms with Crippen molar-refractivity contribution in [2.45, 2.75) is 0 Å². The Kier molecular flexibility index (Phi) is 3.79. The van der Waals surface area contributed by atoms with Gasteiger partial charge in [-0.2, -0.15) is 8.42 Å². The van der Waals surface area contributed by atoms with E-state index in [0.717, 1.165) is 0 Å². The molecule has 0 heterocycles. The number of hydrogen-bond acceptors (Lipinski definition) is 5.